The molecule has 1 N–H and O–H groups in total. The zero-order valence-corrected chi connectivity index (χ0v) is 13.5. The molecule has 23 heavy (non-hydrogen) atoms. The van der Waals surface area contributed by atoms with Crippen molar-refractivity contribution in [3.05, 3.63) is 54.1 Å². The molecule has 4 nitrogen and oxygen atoms in total. The molecule has 2 aromatic rings. The highest BCUT2D eigenvalue weighted by atomic mass is 35.5. The Hall–Kier alpha value is -2.20. The Labute approximate surface area is 140 Å². The van der Waals surface area contributed by atoms with Gasteiger partial charge < -0.3 is 14.8 Å². The van der Waals surface area contributed by atoms with Crippen LogP contribution in [0.5, 0.6) is 17.2 Å². The second kappa shape index (κ2) is 6.92. The highest BCUT2D eigenvalue weighted by Gasteiger charge is 2.24. The quantitative estimate of drug-likeness (QED) is 0.853. The van der Waals surface area contributed by atoms with Gasteiger partial charge in [-0.2, -0.15) is 0 Å². The Morgan fingerprint density at radius 3 is 2.83 bits per heavy atom. The van der Waals surface area contributed by atoms with E-state index in [-0.39, 0.29) is 12.0 Å². The molecular weight excluding hydrogens is 314 g/mol. The van der Waals surface area contributed by atoms with E-state index in [1.165, 1.54) is 0 Å². The van der Waals surface area contributed by atoms with Gasteiger partial charge in [0, 0.05) is 12.0 Å². The van der Waals surface area contributed by atoms with Gasteiger partial charge in [-0.05, 0) is 37.3 Å². The van der Waals surface area contributed by atoms with E-state index < -0.39 is 5.38 Å². The van der Waals surface area contributed by atoms with Crippen LogP contribution in [-0.2, 0) is 11.2 Å². The topological polar surface area (TPSA) is 47.6 Å². The first-order chi connectivity index (χ1) is 11.1. The molecule has 2 atom stereocenters. The van der Waals surface area contributed by atoms with Gasteiger partial charge in [0.1, 0.15) is 28.7 Å². The maximum Gasteiger partial charge on any atom is 0.237 e. The smallest absolute Gasteiger partial charge is 0.237 e. The lowest BCUT2D eigenvalue weighted by molar-refractivity contribution is -0.120. The van der Waals surface area contributed by atoms with E-state index in [2.05, 4.69) is 5.32 Å². The van der Waals surface area contributed by atoms with Crippen molar-refractivity contribution >= 4 is 17.5 Å². The molecule has 3 rings (SSSR count). The van der Waals surface area contributed by atoms with Crippen molar-refractivity contribution in [2.45, 2.75) is 24.8 Å². The van der Waals surface area contributed by atoms with E-state index in [1.807, 2.05) is 48.5 Å². The third-order valence-corrected chi connectivity index (χ3v) is 3.82. The lowest BCUT2D eigenvalue weighted by Crippen LogP contribution is -2.37. The van der Waals surface area contributed by atoms with Crippen molar-refractivity contribution in [1.29, 1.82) is 0 Å². The third kappa shape index (κ3) is 3.96. The van der Waals surface area contributed by atoms with Crippen LogP contribution < -0.4 is 14.8 Å². The predicted octanol–water partition coefficient (Wildman–Crippen LogP) is 3.53. The van der Waals surface area contributed by atoms with Gasteiger partial charge in [0.05, 0.1) is 6.54 Å². The largest absolute Gasteiger partial charge is 0.488 e. The Morgan fingerprint density at radius 2 is 2.09 bits per heavy atom. The average Bonchev–Trinajstić information content (AvgIpc) is 2.95. The summed E-state index contributed by atoms with van der Waals surface area (Å²) >= 11 is 5.73. The Morgan fingerprint density at radius 1 is 1.30 bits per heavy atom. The third-order valence-electron chi connectivity index (χ3n) is 3.62. The molecule has 1 aliphatic rings. The zero-order valence-electron chi connectivity index (χ0n) is 12.8. The van der Waals surface area contributed by atoms with Crippen molar-refractivity contribution in [3.8, 4) is 17.2 Å². The van der Waals surface area contributed by atoms with Gasteiger partial charge >= 0.3 is 0 Å². The number of alkyl halides is 1. The van der Waals surface area contributed by atoms with Gasteiger partial charge in [0.15, 0.2) is 0 Å². The van der Waals surface area contributed by atoms with Crippen LogP contribution in [0, 0.1) is 0 Å². The fourth-order valence-corrected chi connectivity index (χ4v) is 2.53. The number of carbonyl (C=O) groups excluding carboxylic acids is 1. The molecule has 5 heteroatoms. The Kier molecular flexibility index (Phi) is 4.72. The Balaban J connectivity index is 1.61. The zero-order chi connectivity index (χ0) is 16.2. The molecule has 0 fully saturated rings. The van der Waals surface area contributed by atoms with Gasteiger partial charge in [-0.3, -0.25) is 4.79 Å². The summed E-state index contributed by atoms with van der Waals surface area (Å²) < 4.78 is 11.7. The number of halogens is 1. The highest BCUT2D eigenvalue weighted by Crippen LogP contribution is 2.33. The molecular formula is C18H18ClNO3. The average molecular weight is 332 g/mol. The number of nitrogens with one attached hydrogen (secondary N) is 1. The van der Waals surface area contributed by atoms with E-state index in [0.29, 0.717) is 6.54 Å². The van der Waals surface area contributed by atoms with E-state index in [4.69, 9.17) is 21.1 Å². The number of fused-ring (bicyclic) bond motifs is 1. The summed E-state index contributed by atoms with van der Waals surface area (Å²) in [6.07, 6.45) is 0.662. The second-order valence-corrected chi connectivity index (χ2v) is 6.14. The van der Waals surface area contributed by atoms with Crippen molar-refractivity contribution in [2.75, 3.05) is 6.54 Å². The highest BCUT2D eigenvalue weighted by molar-refractivity contribution is 6.30. The lowest BCUT2D eigenvalue weighted by Gasteiger charge is -2.12. The van der Waals surface area contributed by atoms with Gasteiger partial charge in [0.25, 0.3) is 0 Å². The Bertz CT molecular complexity index is 688. The first-order valence-corrected chi connectivity index (χ1v) is 8.00. The van der Waals surface area contributed by atoms with Crippen LogP contribution in [0.25, 0.3) is 0 Å². The number of hydrogen-bond acceptors (Lipinski definition) is 3. The minimum absolute atomic E-state index is 0.0728. The molecule has 0 radical (unpaired) electrons. The summed E-state index contributed by atoms with van der Waals surface area (Å²) in [7, 11) is 0. The van der Waals surface area contributed by atoms with Gasteiger partial charge in [-0.15, -0.1) is 11.6 Å². The molecule has 0 aromatic heterocycles. The number of rotatable bonds is 5. The maximum atomic E-state index is 11.5. The molecule has 0 bridgehead atoms. The van der Waals surface area contributed by atoms with Crippen molar-refractivity contribution in [1.82, 2.24) is 5.32 Å². The molecule has 0 saturated heterocycles. The van der Waals surface area contributed by atoms with Crippen LogP contribution in [-0.4, -0.2) is 23.9 Å². The second-order valence-electron chi connectivity index (χ2n) is 5.49. The minimum Gasteiger partial charge on any atom is -0.488 e. The molecule has 1 amide bonds. The number of para-hydroxylation sites is 1. The van der Waals surface area contributed by atoms with E-state index in [0.717, 1.165) is 29.2 Å². The monoisotopic (exact) mass is 331 g/mol. The van der Waals surface area contributed by atoms with Gasteiger partial charge in [0.2, 0.25) is 5.91 Å². The SMILES string of the molecule is C[C@@H](Cl)C(=O)NC[C@H]1Cc2cc(Oc3ccccc3)ccc2O1. The molecule has 0 aliphatic carbocycles. The molecule has 0 unspecified atom stereocenters. The van der Waals surface area contributed by atoms with Crippen molar-refractivity contribution in [2.24, 2.45) is 0 Å². The summed E-state index contributed by atoms with van der Waals surface area (Å²) in [5.41, 5.74) is 1.08. The van der Waals surface area contributed by atoms with Crippen LogP contribution in [0.2, 0.25) is 0 Å². The molecule has 1 aliphatic heterocycles. The van der Waals surface area contributed by atoms with E-state index >= 15 is 0 Å². The first-order valence-electron chi connectivity index (χ1n) is 7.56. The number of ether oxygens (including phenoxy) is 2. The lowest BCUT2D eigenvalue weighted by atomic mass is 10.1. The van der Waals surface area contributed by atoms with Crippen LogP contribution in [0.1, 0.15) is 12.5 Å². The standard InChI is InChI=1S/C18H18ClNO3/c1-12(19)18(21)20-11-16-10-13-9-15(7-8-17(13)23-16)22-14-5-3-2-4-6-14/h2-9,12,16H,10-11H2,1H3,(H,20,21)/t12-,16-/m1/s1. The summed E-state index contributed by atoms with van der Waals surface area (Å²) in [6.45, 7) is 2.09. The fourth-order valence-electron chi connectivity index (χ4n) is 2.45. The summed E-state index contributed by atoms with van der Waals surface area (Å²) in [5, 5.41) is 2.25. The van der Waals surface area contributed by atoms with E-state index in [1.54, 1.807) is 6.92 Å². The first kappa shape index (κ1) is 15.7. The molecule has 0 saturated carbocycles. The van der Waals surface area contributed by atoms with Gasteiger partial charge in [-0.1, -0.05) is 18.2 Å². The molecule has 0 spiro atoms. The summed E-state index contributed by atoms with van der Waals surface area (Å²) in [4.78, 5) is 11.5. The number of carbonyl (C=O) groups is 1. The molecule has 2 aromatic carbocycles. The van der Waals surface area contributed by atoms with E-state index in [9.17, 15) is 4.79 Å². The van der Waals surface area contributed by atoms with Crippen molar-refractivity contribution in [3.63, 3.8) is 0 Å². The van der Waals surface area contributed by atoms with Gasteiger partial charge in [-0.25, -0.2) is 0 Å². The number of benzene rings is 2. The fraction of sp³-hybridized carbons (Fsp3) is 0.278. The van der Waals surface area contributed by atoms with Crippen LogP contribution in [0.4, 0.5) is 0 Å². The van der Waals surface area contributed by atoms with Crippen LogP contribution >= 0.6 is 11.6 Å². The normalized spacial score (nSPS) is 17.0. The minimum atomic E-state index is -0.537. The molecule has 120 valence electrons. The number of hydrogen-bond donors (Lipinski definition) is 1. The van der Waals surface area contributed by atoms with Crippen molar-refractivity contribution < 1.29 is 14.3 Å². The number of amides is 1. The van der Waals surface area contributed by atoms with Crippen LogP contribution in [0.15, 0.2) is 48.5 Å². The molecule has 1 heterocycles. The summed E-state index contributed by atoms with van der Waals surface area (Å²) in [5.74, 6) is 2.23. The summed E-state index contributed by atoms with van der Waals surface area (Å²) in [6, 6.07) is 15.4. The predicted molar refractivity (Wildman–Crippen MR) is 89.4 cm³/mol. The maximum absolute atomic E-state index is 11.5. The van der Waals surface area contributed by atoms with Crippen LogP contribution in [0.3, 0.4) is 0 Å².